The smallest absolute Gasteiger partial charge is 0.276 e. The molecule has 2 rings (SSSR count). The van der Waals surface area contributed by atoms with Crippen LogP contribution in [0.2, 0.25) is 0 Å². The number of halogens is 1. The molecule has 2 aromatic carbocycles. The highest BCUT2D eigenvalue weighted by Gasteiger charge is 2.15. The van der Waals surface area contributed by atoms with Gasteiger partial charge in [-0.25, -0.2) is 0 Å². The summed E-state index contributed by atoms with van der Waals surface area (Å²) in [6, 6.07) is 11.9. The van der Waals surface area contributed by atoms with Crippen LogP contribution in [-0.2, 0) is 4.79 Å². The predicted molar refractivity (Wildman–Crippen MR) is 109 cm³/mol. The van der Waals surface area contributed by atoms with Crippen molar-refractivity contribution >= 4 is 27.7 Å². The third kappa shape index (κ3) is 6.77. The molecule has 0 aromatic heterocycles. The molecule has 8 heteroatoms. The van der Waals surface area contributed by atoms with Crippen LogP contribution in [0.5, 0.6) is 17.2 Å². The molecule has 0 unspecified atom stereocenters. The minimum atomic E-state index is -0.496. The number of carbonyl (C=O) groups is 2. The highest BCUT2D eigenvalue weighted by atomic mass is 79.9. The number of methoxy groups -OCH3 is 1. The second-order valence-corrected chi connectivity index (χ2v) is 7.23. The lowest BCUT2D eigenvalue weighted by atomic mass is 10.2. The molecule has 0 aliphatic carbocycles. The normalized spacial score (nSPS) is 10.3. The topological polar surface area (TPSA) is 85.9 Å². The van der Waals surface area contributed by atoms with Gasteiger partial charge >= 0.3 is 0 Å². The highest BCUT2D eigenvalue weighted by Crippen LogP contribution is 2.23. The van der Waals surface area contributed by atoms with Crippen molar-refractivity contribution in [2.24, 2.45) is 5.92 Å². The molecule has 7 nitrogen and oxygen atoms in total. The lowest BCUT2D eigenvalue weighted by molar-refractivity contribution is -0.123. The summed E-state index contributed by atoms with van der Waals surface area (Å²) in [6.45, 7) is 4.26. The van der Waals surface area contributed by atoms with Crippen molar-refractivity contribution in [1.82, 2.24) is 10.9 Å². The van der Waals surface area contributed by atoms with Crippen molar-refractivity contribution in [3.05, 3.63) is 52.5 Å². The second kappa shape index (κ2) is 10.6. The van der Waals surface area contributed by atoms with Crippen LogP contribution in [0.1, 0.15) is 24.2 Å². The van der Waals surface area contributed by atoms with E-state index in [1.54, 1.807) is 49.6 Å². The number of rotatable bonds is 8. The van der Waals surface area contributed by atoms with E-state index in [1.807, 2.05) is 13.8 Å². The molecule has 0 aliphatic rings. The summed E-state index contributed by atoms with van der Waals surface area (Å²) in [4.78, 5) is 24.4. The van der Waals surface area contributed by atoms with Crippen LogP contribution < -0.4 is 25.1 Å². The van der Waals surface area contributed by atoms with Gasteiger partial charge in [0.2, 0.25) is 0 Å². The van der Waals surface area contributed by atoms with E-state index in [1.165, 1.54) is 0 Å². The van der Waals surface area contributed by atoms with E-state index in [0.29, 0.717) is 35.3 Å². The van der Waals surface area contributed by atoms with Crippen LogP contribution in [0.15, 0.2) is 46.9 Å². The number of ether oxygens (including phenoxy) is 3. The zero-order valence-electron chi connectivity index (χ0n) is 16.0. The standard InChI is InChI=1S/C20H23BrN2O5/c1-13(2)11-28-18-9-4-14(21)10-17(18)20(25)23-22-19(24)12-27-16-7-5-15(26-3)6-8-16/h4-10,13H,11-12H2,1-3H3,(H,22,24)(H,23,25). The molecule has 0 fully saturated rings. The number of amides is 2. The summed E-state index contributed by atoms with van der Waals surface area (Å²) in [6.07, 6.45) is 0. The van der Waals surface area contributed by atoms with E-state index in [0.717, 1.165) is 4.47 Å². The Bertz CT molecular complexity index is 809. The van der Waals surface area contributed by atoms with Crippen molar-refractivity contribution in [2.45, 2.75) is 13.8 Å². The molecule has 150 valence electrons. The van der Waals surface area contributed by atoms with Gasteiger partial charge in [-0.05, 0) is 48.4 Å². The summed E-state index contributed by atoms with van der Waals surface area (Å²) in [7, 11) is 1.57. The lowest BCUT2D eigenvalue weighted by Gasteiger charge is -2.14. The SMILES string of the molecule is COc1ccc(OCC(=O)NNC(=O)c2cc(Br)ccc2OCC(C)C)cc1. The van der Waals surface area contributed by atoms with Gasteiger partial charge in [0, 0.05) is 4.47 Å². The third-order valence-electron chi connectivity index (χ3n) is 3.50. The summed E-state index contributed by atoms with van der Waals surface area (Å²) in [5.74, 6) is 0.973. The van der Waals surface area contributed by atoms with Gasteiger partial charge in [0.05, 0.1) is 19.3 Å². The number of nitrogens with one attached hydrogen (secondary N) is 2. The van der Waals surface area contributed by atoms with E-state index in [2.05, 4.69) is 26.8 Å². The fourth-order valence-corrected chi connectivity index (χ4v) is 2.47. The highest BCUT2D eigenvalue weighted by molar-refractivity contribution is 9.10. The Morgan fingerprint density at radius 3 is 2.32 bits per heavy atom. The summed E-state index contributed by atoms with van der Waals surface area (Å²) < 4.78 is 16.8. The third-order valence-corrected chi connectivity index (χ3v) is 4.00. The average molecular weight is 451 g/mol. The van der Waals surface area contributed by atoms with Crippen LogP contribution >= 0.6 is 15.9 Å². The Labute approximate surface area is 172 Å². The van der Waals surface area contributed by atoms with Crippen LogP contribution in [0, 0.1) is 5.92 Å². The molecule has 0 saturated carbocycles. The monoisotopic (exact) mass is 450 g/mol. The zero-order chi connectivity index (χ0) is 20.5. The van der Waals surface area contributed by atoms with Crippen LogP contribution in [0.4, 0.5) is 0 Å². The maximum atomic E-state index is 12.4. The van der Waals surface area contributed by atoms with Crippen molar-refractivity contribution < 1.29 is 23.8 Å². The van der Waals surface area contributed by atoms with E-state index < -0.39 is 11.8 Å². The van der Waals surface area contributed by atoms with Gasteiger partial charge in [-0.2, -0.15) is 0 Å². The van der Waals surface area contributed by atoms with Gasteiger partial charge in [0.15, 0.2) is 6.61 Å². The quantitative estimate of drug-likeness (QED) is 0.602. The van der Waals surface area contributed by atoms with Gasteiger partial charge in [-0.15, -0.1) is 0 Å². The molecular weight excluding hydrogens is 428 g/mol. The minimum Gasteiger partial charge on any atom is -0.497 e. The number of hydrazine groups is 1. The minimum absolute atomic E-state index is 0.248. The number of hydrogen-bond acceptors (Lipinski definition) is 5. The summed E-state index contributed by atoms with van der Waals surface area (Å²) >= 11 is 3.33. The van der Waals surface area contributed by atoms with Gasteiger partial charge in [0.25, 0.3) is 11.8 Å². The first-order valence-electron chi connectivity index (χ1n) is 8.67. The fourth-order valence-electron chi connectivity index (χ4n) is 2.11. The summed E-state index contributed by atoms with van der Waals surface area (Å²) in [5.41, 5.74) is 5.01. The Morgan fingerprint density at radius 1 is 1.00 bits per heavy atom. The van der Waals surface area contributed by atoms with Crippen LogP contribution in [-0.4, -0.2) is 32.1 Å². The number of benzene rings is 2. The fraction of sp³-hybridized carbons (Fsp3) is 0.300. The molecule has 0 aliphatic heterocycles. The van der Waals surface area contributed by atoms with E-state index in [4.69, 9.17) is 14.2 Å². The largest absolute Gasteiger partial charge is 0.497 e. The van der Waals surface area contributed by atoms with Gasteiger partial charge < -0.3 is 14.2 Å². The maximum absolute atomic E-state index is 12.4. The van der Waals surface area contributed by atoms with Gasteiger partial charge in [0.1, 0.15) is 17.2 Å². The first kappa shape index (κ1) is 21.6. The van der Waals surface area contributed by atoms with E-state index >= 15 is 0 Å². The Balaban J connectivity index is 1.88. The second-order valence-electron chi connectivity index (χ2n) is 6.31. The van der Waals surface area contributed by atoms with E-state index in [9.17, 15) is 9.59 Å². The zero-order valence-corrected chi connectivity index (χ0v) is 17.5. The van der Waals surface area contributed by atoms with Crippen LogP contribution in [0.3, 0.4) is 0 Å². The molecule has 2 amide bonds. The Hall–Kier alpha value is -2.74. The molecule has 0 radical (unpaired) electrons. The van der Waals surface area contributed by atoms with Crippen molar-refractivity contribution in [2.75, 3.05) is 20.3 Å². The molecule has 0 atom stereocenters. The predicted octanol–water partition coefficient (Wildman–Crippen LogP) is 3.33. The Kier molecular flexibility index (Phi) is 8.13. The molecule has 0 bridgehead atoms. The molecular formula is C20H23BrN2O5. The van der Waals surface area contributed by atoms with E-state index in [-0.39, 0.29) is 6.61 Å². The first-order valence-corrected chi connectivity index (χ1v) is 9.46. The number of hydrogen-bond donors (Lipinski definition) is 2. The molecule has 2 aromatic rings. The molecule has 2 N–H and O–H groups in total. The van der Waals surface area contributed by atoms with Crippen molar-refractivity contribution in [1.29, 1.82) is 0 Å². The van der Waals surface area contributed by atoms with Gasteiger partial charge in [-0.1, -0.05) is 29.8 Å². The summed E-state index contributed by atoms with van der Waals surface area (Å²) in [5, 5.41) is 0. The Morgan fingerprint density at radius 2 is 1.68 bits per heavy atom. The first-order chi connectivity index (χ1) is 13.4. The maximum Gasteiger partial charge on any atom is 0.276 e. The average Bonchev–Trinajstić information content (AvgIpc) is 2.69. The molecule has 28 heavy (non-hydrogen) atoms. The van der Waals surface area contributed by atoms with Crippen molar-refractivity contribution in [3.8, 4) is 17.2 Å². The molecule has 0 spiro atoms. The lowest BCUT2D eigenvalue weighted by Crippen LogP contribution is -2.44. The molecule has 0 heterocycles. The van der Waals surface area contributed by atoms with Crippen molar-refractivity contribution in [3.63, 3.8) is 0 Å². The number of carbonyl (C=O) groups excluding carboxylic acids is 2. The van der Waals surface area contributed by atoms with Crippen LogP contribution in [0.25, 0.3) is 0 Å². The van der Waals surface area contributed by atoms with Gasteiger partial charge in [-0.3, -0.25) is 20.4 Å². The molecule has 0 saturated heterocycles.